The minimum atomic E-state index is 0. The van der Waals surface area contributed by atoms with Crippen molar-refractivity contribution >= 4 is 0 Å². The van der Waals surface area contributed by atoms with Crippen LogP contribution in [0.5, 0.6) is 11.5 Å². The number of nitrogens with zero attached hydrogens (tertiary/aromatic N) is 2. The van der Waals surface area contributed by atoms with E-state index in [4.69, 9.17) is 4.74 Å². The molecule has 0 N–H and O–H groups in total. The van der Waals surface area contributed by atoms with Gasteiger partial charge in [0.2, 0.25) is 0 Å². The van der Waals surface area contributed by atoms with Gasteiger partial charge in [-0.25, -0.2) is 0 Å². The van der Waals surface area contributed by atoms with Crippen molar-refractivity contribution in [3.8, 4) is 34.0 Å². The van der Waals surface area contributed by atoms with E-state index in [1.165, 1.54) is 0 Å². The molecule has 0 aliphatic carbocycles. The molecule has 0 aliphatic heterocycles. The molecule has 3 nitrogen and oxygen atoms in total. The third kappa shape index (κ3) is 4.49. The van der Waals surface area contributed by atoms with Crippen LogP contribution < -0.4 is 4.74 Å². The molecule has 0 fully saturated rings. The monoisotopic (exact) mass is 442 g/mol. The third-order valence-electron chi connectivity index (χ3n) is 3.97. The van der Waals surface area contributed by atoms with Gasteiger partial charge in [0, 0.05) is 23.9 Å². The zero-order valence-electron chi connectivity index (χ0n) is 14.6. The largest absolute Gasteiger partial charge is 2.00 e. The van der Waals surface area contributed by atoms with E-state index in [0.29, 0.717) is 11.5 Å². The molecule has 2 heterocycles. The molecule has 0 spiro atoms. The van der Waals surface area contributed by atoms with Crippen LogP contribution in [-0.4, -0.2) is 9.97 Å². The molecule has 0 saturated heterocycles. The molecule has 4 heteroatoms. The number of hydrogen-bond acceptors (Lipinski definition) is 3. The second kappa shape index (κ2) is 8.73. The minimum Gasteiger partial charge on any atom is -0.496 e. The second-order valence-electron chi connectivity index (χ2n) is 5.84. The first kappa shape index (κ1) is 19.0. The maximum atomic E-state index is 6.07. The number of hydrogen-bond donors (Lipinski definition) is 0. The smallest absolute Gasteiger partial charge is 0.496 e. The van der Waals surface area contributed by atoms with Gasteiger partial charge in [-0.1, -0.05) is 48.9 Å². The summed E-state index contributed by atoms with van der Waals surface area (Å²) >= 11 is 0. The number of aryl methyl sites for hydroxylation is 1. The van der Waals surface area contributed by atoms with Gasteiger partial charge in [-0.3, -0.25) is 0 Å². The maximum absolute atomic E-state index is 6.07. The summed E-state index contributed by atoms with van der Waals surface area (Å²) < 4.78 is 6.07. The average molecular weight is 443 g/mol. The molecule has 27 heavy (non-hydrogen) atoms. The van der Waals surface area contributed by atoms with Crippen molar-refractivity contribution in [3.63, 3.8) is 0 Å². The molecule has 0 unspecified atom stereocenters. The van der Waals surface area contributed by atoms with Crippen molar-refractivity contribution in [2.45, 2.75) is 6.92 Å². The fourth-order valence-electron chi connectivity index (χ4n) is 2.61. The minimum absolute atomic E-state index is 0. The summed E-state index contributed by atoms with van der Waals surface area (Å²) in [4.78, 5) is 8.74. The Morgan fingerprint density at radius 1 is 0.704 bits per heavy atom. The van der Waals surface area contributed by atoms with E-state index in [1.807, 2.05) is 73.7 Å². The van der Waals surface area contributed by atoms with Crippen molar-refractivity contribution in [3.05, 3.63) is 96.8 Å². The van der Waals surface area contributed by atoms with E-state index in [2.05, 4.69) is 22.1 Å². The Morgan fingerprint density at radius 2 is 1.37 bits per heavy atom. The molecule has 0 amide bonds. The Labute approximate surface area is 172 Å². The number of benzene rings is 2. The summed E-state index contributed by atoms with van der Waals surface area (Å²) in [5, 5.41) is 0. The zero-order valence-corrected chi connectivity index (χ0v) is 16.2. The van der Waals surface area contributed by atoms with Crippen LogP contribution in [-0.2, 0) is 20.4 Å². The van der Waals surface area contributed by atoms with E-state index in [0.717, 1.165) is 28.1 Å². The maximum Gasteiger partial charge on any atom is 2.00 e. The van der Waals surface area contributed by atoms with Crippen molar-refractivity contribution in [1.82, 2.24) is 9.97 Å². The Morgan fingerprint density at radius 3 is 2.00 bits per heavy atom. The van der Waals surface area contributed by atoms with Crippen LogP contribution in [0.1, 0.15) is 5.56 Å². The quantitative estimate of drug-likeness (QED) is 0.309. The number of ether oxygens (including phenoxy) is 1. The van der Waals surface area contributed by atoms with E-state index < -0.39 is 0 Å². The summed E-state index contributed by atoms with van der Waals surface area (Å²) in [5.41, 5.74) is 4.51. The van der Waals surface area contributed by atoms with Gasteiger partial charge in [-0.15, -0.1) is 41.5 Å². The Kier molecular flexibility index (Phi) is 6.13. The van der Waals surface area contributed by atoms with Crippen LogP contribution in [0.25, 0.3) is 22.5 Å². The fourth-order valence-corrected chi connectivity index (χ4v) is 2.61. The van der Waals surface area contributed by atoms with Crippen LogP contribution in [0.2, 0.25) is 0 Å². The standard InChI is InChI=1S/C23H16N2O.Pd/c1-17-11-12-19(22-10-3-5-14-25-22)16-23(17)26-20-8-6-7-18(15-20)21-9-2-4-13-24-21;/h2-14H,1H3;/q-2;+2. The SMILES string of the molecule is Cc1ccc(-c2ccccn2)[c-]c1Oc1[c-]c(-c2ccccn2)ccc1.[Pd+2]. The Balaban J connectivity index is 0.00000210. The second-order valence-corrected chi connectivity index (χ2v) is 5.84. The van der Waals surface area contributed by atoms with E-state index in [-0.39, 0.29) is 20.4 Å². The predicted octanol–water partition coefficient (Wildman–Crippen LogP) is 5.51. The van der Waals surface area contributed by atoms with Crippen LogP contribution in [0.15, 0.2) is 79.1 Å². The zero-order chi connectivity index (χ0) is 17.8. The van der Waals surface area contributed by atoms with Crippen LogP contribution in [0.4, 0.5) is 0 Å². The van der Waals surface area contributed by atoms with E-state index in [9.17, 15) is 0 Å². The van der Waals surface area contributed by atoms with Crippen molar-refractivity contribution in [1.29, 1.82) is 0 Å². The van der Waals surface area contributed by atoms with Gasteiger partial charge < -0.3 is 14.7 Å². The van der Waals surface area contributed by atoms with Crippen LogP contribution >= 0.6 is 0 Å². The normalized spacial score (nSPS) is 10.1. The first-order valence-electron chi connectivity index (χ1n) is 8.35. The van der Waals surface area contributed by atoms with Gasteiger partial charge in [0.15, 0.2) is 0 Å². The van der Waals surface area contributed by atoms with E-state index in [1.54, 1.807) is 12.4 Å². The average Bonchev–Trinajstić information content (AvgIpc) is 2.71. The fraction of sp³-hybridized carbons (Fsp3) is 0.0435. The molecule has 2 aromatic heterocycles. The molecule has 4 rings (SSSR count). The first-order chi connectivity index (χ1) is 12.8. The number of pyridine rings is 2. The number of aromatic nitrogens is 2. The Hall–Kier alpha value is -2.80. The summed E-state index contributed by atoms with van der Waals surface area (Å²) in [6.45, 7) is 2.00. The van der Waals surface area contributed by atoms with Crippen molar-refractivity contribution in [2.24, 2.45) is 0 Å². The summed E-state index contributed by atoms with van der Waals surface area (Å²) in [6.07, 6.45) is 3.54. The van der Waals surface area contributed by atoms with Gasteiger partial charge >= 0.3 is 20.4 Å². The van der Waals surface area contributed by atoms with Gasteiger partial charge in [0.1, 0.15) is 0 Å². The van der Waals surface area contributed by atoms with Gasteiger partial charge in [-0.2, -0.15) is 0 Å². The summed E-state index contributed by atoms with van der Waals surface area (Å²) in [5.74, 6) is 1.30. The molecule has 0 atom stereocenters. The summed E-state index contributed by atoms with van der Waals surface area (Å²) in [7, 11) is 0. The molecule has 134 valence electrons. The molecule has 0 bridgehead atoms. The summed E-state index contributed by atoms with van der Waals surface area (Å²) in [6, 6.07) is 28.0. The number of rotatable bonds is 4. The topological polar surface area (TPSA) is 35.0 Å². The molecule has 0 radical (unpaired) electrons. The van der Waals surface area contributed by atoms with Crippen molar-refractivity contribution in [2.75, 3.05) is 0 Å². The van der Waals surface area contributed by atoms with E-state index >= 15 is 0 Å². The Bertz CT molecular complexity index is 1020. The molecular formula is C23H16N2OPd. The molecule has 4 aromatic rings. The van der Waals surface area contributed by atoms with Gasteiger partial charge in [0.25, 0.3) is 0 Å². The van der Waals surface area contributed by atoms with Gasteiger partial charge in [-0.05, 0) is 23.5 Å². The van der Waals surface area contributed by atoms with Crippen molar-refractivity contribution < 1.29 is 25.2 Å². The van der Waals surface area contributed by atoms with Crippen LogP contribution in [0.3, 0.4) is 0 Å². The molecule has 0 saturated carbocycles. The molecule has 0 aliphatic rings. The third-order valence-corrected chi connectivity index (χ3v) is 3.97. The van der Waals surface area contributed by atoms with Gasteiger partial charge in [0.05, 0.1) is 0 Å². The predicted molar refractivity (Wildman–Crippen MR) is 102 cm³/mol. The van der Waals surface area contributed by atoms with Crippen LogP contribution in [0, 0.1) is 19.1 Å². The first-order valence-corrected chi connectivity index (χ1v) is 8.35. The molecular weight excluding hydrogens is 427 g/mol. The molecule has 2 aromatic carbocycles.